The lowest BCUT2D eigenvalue weighted by molar-refractivity contribution is 0.0728. The van der Waals surface area contributed by atoms with Crippen LogP contribution in [0, 0.1) is 23.5 Å². The second-order valence-electron chi connectivity index (χ2n) is 12.9. The van der Waals surface area contributed by atoms with Crippen molar-refractivity contribution in [2.45, 2.75) is 142 Å². The number of rotatable bonds is 23. The summed E-state index contributed by atoms with van der Waals surface area (Å²) in [5.74, 6) is -0.942. The van der Waals surface area contributed by atoms with Crippen molar-refractivity contribution >= 4 is 5.97 Å². The number of benzene rings is 2. The molecule has 0 bridgehead atoms. The highest BCUT2D eigenvalue weighted by atomic mass is 19.2. The minimum atomic E-state index is -1.26. The maximum atomic E-state index is 14.7. The van der Waals surface area contributed by atoms with Gasteiger partial charge in [0.2, 0.25) is 5.82 Å². The average molecular weight is 629 g/mol. The van der Waals surface area contributed by atoms with E-state index in [0.717, 1.165) is 37.5 Å². The number of ether oxygens (including phenoxy) is 3. The quantitative estimate of drug-likeness (QED) is 0.0698. The van der Waals surface area contributed by atoms with Crippen LogP contribution in [-0.4, -0.2) is 19.2 Å². The molecular weight excluding hydrogens is 570 g/mol. The van der Waals surface area contributed by atoms with Crippen LogP contribution in [-0.2, 0) is 0 Å². The number of hydrogen-bond donors (Lipinski definition) is 0. The number of esters is 1. The largest absolute Gasteiger partial charge is 0.494 e. The Morgan fingerprint density at radius 2 is 1.16 bits per heavy atom. The molecule has 0 amide bonds. The van der Waals surface area contributed by atoms with Gasteiger partial charge in [-0.15, -0.1) is 0 Å². The topological polar surface area (TPSA) is 44.8 Å². The van der Waals surface area contributed by atoms with Crippen LogP contribution in [0.2, 0.25) is 0 Å². The molecule has 252 valence electrons. The van der Waals surface area contributed by atoms with Gasteiger partial charge in [-0.3, -0.25) is 0 Å². The van der Waals surface area contributed by atoms with Gasteiger partial charge >= 0.3 is 5.97 Å². The summed E-state index contributed by atoms with van der Waals surface area (Å²) in [6.45, 7) is 5.45. The van der Waals surface area contributed by atoms with E-state index in [2.05, 4.69) is 13.8 Å². The van der Waals surface area contributed by atoms with E-state index in [4.69, 9.17) is 14.2 Å². The lowest BCUT2D eigenvalue weighted by Crippen LogP contribution is -2.20. The van der Waals surface area contributed by atoms with E-state index in [1.165, 1.54) is 115 Å². The van der Waals surface area contributed by atoms with Crippen molar-refractivity contribution in [2.75, 3.05) is 13.2 Å². The summed E-state index contributed by atoms with van der Waals surface area (Å²) in [7, 11) is 0. The van der Waals surface area contributed by atoms with Crippen LogP contribution < -0.4 is 14.2 Å². The molecule has 0 saturated heterocycles. The van der Waals surface area contributed by atoms with Crippen molar-refractivity contribution in [2.24, 2.45) is 11.8 Å². The van der Waals surface area contributed by atoms with E-state index in [1.54, 1.807) is 24.3 Å². The molecule has 1 aliphatic carbocycles. The third-order valence-corrected chi connectivity index (χ3v) is 9.29. The number of unbranched alkanes of at least 4 members (excludes halogenated alkanes) is 11. The maximum absolute atomic E-state index is 14.7. The first-order valence-electron chi connectivity index (χ1n) is 18.1. The second-order valence-corrected chi connectivity index (χ2v) is 12.9. The Kier molecular flexibility index (Phi) is 18.0. The van der Waals surface area contributed by atoms with Crippen molar-refractivity contribution in [1.29, 1.82) is 0 Å². The summed E-state index contributed by atoms with van der Waals surface area (Å²) in [4.78, 5) is 12.6. The molecule has 2 unspecified atom stereocenters. The fourth-order valence-electron chi connectivity index (χ4n) is 6.58. The molecule has 6 heteroatoms. The molecule has 2 aromatic rings. The van der Waals surface area contributed by atoms with Gasteiger partial charge < -0.3 is 14.2 Å². The molecule has 3 rings (SSSR count). The number of hydrogen-bond acceptors (Lipinski definition) is 4. The zero-order valence-electron chi connectivity index (χ0n) is 28.1. The summed E-state index contributed by atoms with van der Waals surface area (Å²) in [5, 5.41) is 0. The summed E-state index contributed by atoms with van der Waals surface area (Å²) in [6.07, 6.45) is 24.9. The predicted molar refractivity (Wildman–Crippen MR) is 179 cm³/mol. The molecule has 4 nitrogen and oxygen atoms in total. The fraction of sp³-hybridized carbons (Fsp3) is 0.667. The Balaban J connectivity index is 1.34. The van der Waals surface area contributed by atoms with Crippen molar-refractivity contribution < 1.29 is 27.8 Å². The Morgan fingerprint density at radius 1 is 0.622 bits per heavy atom. The minimum Gasteiger partial charge on any atom is -0.494 e. The van der Waals surface area contributed by atoms with Gasteiger partial charge in [0.25, 0.3) is 0 Å². The van der Waals surface area contributed by atoms with E-state index in [-0.39, 0.29) is 11.5 Å². The van der Waals surface area contributed by atoms with Crippen molar-refractivity contribution in [3.8, 4) is 17.2 Å². The molecule has 1 fully saturated rings. The summed E-state index contributed by atoms with van der Waals surface area (Å²) in [5.41, 5.74) is -0.463. The van der Waals surface area contributed by atoms with Crippen LogP contribution in [0.4, 0.5) is 8.78 Å². The molecule has 0 aromatic heterocycles. The zero-order valence-corrected chi connectivity index (χ0v) is 28.1. The molecule has 2 aromatic carbocycles. The monoisotopic (exact) mass is 628 g/mol. The van der Waals surface area contributed by atoms with Gasteiger partial charge in [0.15, 0.2) is 11.6 Å². The molecule has 45 heavy (non-hydrogen) atoms. The standard InChI is InChI=1S/C39H58F2O4/c1-3-5-7-8-9-10-11-12-13-17-29-44-36-28-27-35(37(40)38(36)41)39(42)45-34-25-23-33(24-26-34)43-30-18-22-32-21-16-15-20-31(32)19-14-6-4-2/h23-28,31-32H,3-22,29-30H2,1-2H3. The lowest BCUT2D eigenvalue weighted by atomic mass is 9.74. The van der Waals surface area contributed by atoms with Gasteiger partial charge in [0.1, 0.15) is 11.5 Å². The zero-order chi connectivity index (χ0) is 32.1. The number of halogens is 2. The molecule has 1 aliphatic rings. The van der Waals surface area contributed by atoms with Crippen LogP contribution in [0.15, 0.2) is 36.4 Å². The van der Waals surface area contributed by atoms with E-state index in [9.17, 15) is 13.6 Å². The SMILES string of the molecule is CCCCCCCCCCCCOc1ccc(C(=O)Oc2ccc(OCCCC3CCCCC3CCCCC)cc2)c(F)c1F. The molecule has 0 heterocycles. The third kappa shape index (κ3) is 13.7. The smallest absolute Gasteiger partial charge is 0.346 e. The normalized spacial score (nSPS) is 16.4. The first-order valence-corrected chi connectivity index (χ1v) is 18.1. The molecule has 0 N–H and O–H groups in total. The van der Waals surface area contributed by atoms with E-state index in [1.807, 2.05) is 0 Å². The van der Waals surface area contributed by atoms with Crippen molar-refractivity contribution in [1.82, 2.24) is 0 Å². The van der Waals surface area contributed by atoms with Crippen LogP contribution in [0.3, 0.4) is 0 Å². The lowest BCUT2D eigenvalue weighted by Gasteiger charge is -2.31. The maximum Gasteiger partial charge on any atom is 0.346 e. The van der Waals surface area contributed by atoms with Crippen molar-refractivity contribution in [3.63, 3.8) is 0 Å². The summed E-state index contributed by atoms with van der Waals surface area (Å²) in [6, 6.07) is 9.19. The van der Waals surface area contributed by atoms with Gasteiger partial charge in [-0.1, -0.05) is 123 Å². The van der Waals surface area contributed by atoms with Crippen LogP contribution in [0.5, 0.6) is 17.2 Å². The number of carbonyl (C=O) groups excluding carboxylic acids is 1. The molecule has 0 spiro atoms. The van der Waals surface area contributed by atoms with E-state index >= 15 is 0 Å². The van der Waals surface area contributed by atoms with Crippen LogP contribution in [0.1, 0.15) is 153 Å². The average Bonchev–Trinajstić information content (AvgIpc) is 3.05. The van der Waals surface area contributed by atoms with E-state index < -0.39 is 23.2 Å². The Morgan fingerprint density at radius 3 is 1.80 bits per heavy atom. The minimum absolute atomic E-state index is 0.183. The van der Waals surface area contributed by atoms with Gasteiger partial charge in [-0.05, 0) is 67.5 Å². The third-order valence-electron chi connectivity index (χ3n) is 9.29. The Labute approximate surface area is 271 Å². The Bertz CT molecular complexity index is 1090. The first kappa shape index (κ1) is 36.8. The predicted octanol–water partition coefficient (Wildman–Crippen LogP) is 12.0. The van der Waals surface area contributed by atoms with E-state index in [0.29, 0.717) is 19.0 Å². The van der Waals surface area contributed by atoms with Gasteiger partial charge in [0.05, 0.1) is 18.8 Å². The van der Waals surface area contributed by atoms with Gasteiger partial charge in [0, 0.05) is 0 Å². The van der Waals surface area contributed by atoms with Crippen LogP contribution >= 0.6 is 0 Å². The molecule has 1 saturated carbocycles. The molecule has 0 radical (unpaired) electrons. The Hall–Kier alpha value is -2.63. The molecule has 0 aliphatic heterocycles. The highest BCUT2D eigenvalue weighted by Gasteiger charge is 2.24. The highest BCUT2D eigenvalue weighted by Crippen LogP contribution is 2.36. The second kappa shape index (κ2) is 22.0. The molecule has 2 atom stereocenters. The van der Waals surface area contributed by atoms with Gasteiger partial charge in [-0.25, -0.2) is 9.18 Å². The first-order chi connectivity index (χ1) is 22.0. The molecular formula is C39H58F2O4. The number of carbonyl (C=O) groups is 1. The van der Waals surface area contributed by atoms with Crippen LogP contribution in [0.25, 0.3) is 0 Å². The summed E-state index contributed by atoms with van der Waals surface area (Å²) < 4.78 is 46.1. The van der Waals surface area contributed by atoms with Crippen molar-refractivity contribution in [3.05, 3.63) is 53.6 Å². The van der Waals surface area contributed by atoms with Gasteiger partial charge in [-0.2, -0.15) is 4.39 Å². The highest BCUT2D eigenvalue weighted by molar-refractivity contribution is 5.91. The summed E-state index contributed by atoms with van der Waals surface area (Å²) >= 11 is 0. The fourth-order valence-corrected chi connectivity index (χ4v) is 6.58.